The second kappa shape index (κ2) is 9.35. The minimum atomic E-state index is -0.721. The molecule has 4 rings (SSSR count). The molecule has 1 fully saturated rings. The molecule has 2 heterocycles. The van der Waals surface area contributed by atoms with E-state index in [1.165, 1.54) is 0 Å². The van der Waals surface area contributed by atoms with Gasteiger partial charge >= 0.3 is 0 Å². The van der Waals surface area contributed by atoms with Gasteiger partial charge in [-0.25, -0.2) is 4.98 Å². The number of carbonyl (C=O) groups excluding carboxylic acids is 2. The standard InChI is InChI=1S/C24H23Cl2N3O3/c1-14(24(31)29-10-4-5-15(13-29)23(27)30)32-16-8-9-18-19(12-22(26)28-21(18)11-16)17-6-2-3-7-20(17)25/h2-3,6-9,11-12,14-15H,4-5,10,13H2,1H3,(H2,27,30)/t14-,15+/m1/s1. The lowest BCUT2D eigenvalue weighted by Gasteiger charge is -2.33. The fourth-order valence-corrected chi connectivity index (χ4v) is 4.51. The Morgan fingerprint density at radius 3 is 2.69 bits per heavy atom. The van der Waals surface area contributed by atoms with Gasteiger partial charge in [0.05, 0.1) is 11.4 Å². The van der Waals surface area contributed by atoms with Crippen LogP contribution in [-0.4, -0.2) is 40.9 Å². The largest absolute Gasteiger partial charge is 0.481 e. The molecule has 166 valence electrons. The van der Waals surface area contributed by atoms with E-state index >= 15 is 0 Å². The lowest BCUT2D eigenvalue weighted by Crippen LogP contribution is -2.48. The van der Waals surface area contributed by atoms with Crippen molar-refractivity contribution >= 4 is 45.9 Å². The summed E-state index contributed by atoms with van der Waals surface area (Å²) in [5, 5.41) is 1.82. The monoisotopic (exact) mass is 471 g/mol. The van der Waals surface area contributed by atoms with E-state index in [0.29, 0.717) is 41.0 Å². The summed E-state index contributed by atoms with van der Waals surface area (Å²) in [5.74, 6) is -0.355. The van der Waals surface area contributed by atoms with Crippen molar-refractivity contribution in [1.29, 1.82) is 0 Å². The van der Waals surface area contributed by atoms with Gasteiger partial charge in [0, 0.05) is 35.1 Å². The van der Waals surface area contributed by atoms with Gasteiger partial charge in [-0.15, -0.1) is 0 Å². The zero-order valence-corrected chi connectivity index (χ0v) is 19.1. The second-order valence-electron chi connectivity index (χ2n) is 7.94. The number of carbonyl (C=O) groups is 2. The molecule has 1 aliphatic rings. The molecular formula is C24H23Cl2N3O3. The summed E-state index contributed by atoms with van der Waals surface area (Å²) in [6.45, 7) is 2.62. The smallest absolute Gasteiger partial charge is 0.263 e. The first-order valence-corrected chi connectivity index (χ1v) is 11.2. The number of amides is 2. The number of halogens is 2. The predicted octanol–water partition coefficient (Wildman–Crippen LogP) is 4.70. The van der Waals surface area contributed by atoms with Crippen LogP contribution in [-0.2, 0) is 9.59 Å². The molecule has 1 aromatic heterocycles. The van der Waals surface area contributed by atoms with Crippen molar-refractivity contribution in [3.05, 3.63) is 58.7 Å². The Morgan fingerprint density at radius 2 is 1.94 bits per heavy atom. The van der Waals surface area contributed by atoms with Crippen LogP contribution in [0, 0.1) is 5.92 Å². The van der Waals surface area contributed by atoms with Crippen LogP contribution in [0.2, 0.25) is 10.2 Å². The number of primary amides is 1. The summed E-state index contributed by atoms with van der Waals surface area (Å²) in [6, 6.07) is 14.8. The summed E-state index contributed by atoms with van der Waals surface area (Å²) in [4.78, 5) is 30.4. The highest BCUT2D eigenvalue weighted by Gasteiger charge is 2.30. The molecule has 1 saturated heterocycles. The molecule has 0 bridgehead atoms. The molecule has 3 aromatic rings. The van der Waals surface area contributed by atoms with Crippen molar-refractivity contribution in [2.45, 2.75) is 25.9 Å². The van der Waals surface area contributed by atoms with Gasteiger partial charge in [0.25, 0.3) is 5.91 Å². The van der Waals surface area contributed by atoms with Crippen LogP contribution in [0.25, 0.3) is 22.0 Å². The third-order valence-corrected chi connectivity index (χ3v) is 6.23. The molecule has 32 heavy (non-hydrogen) atoms. The maximum absolute atomic E-state index is 12.9. The first kappa shape index (κ1) is 22.4. The second-order valence-corrected chi connectivity index (χ2v) is 8.73. The van der Waals surface area contributed by atoms with Gasteiger partial charge in [-0.05, 0) is 49.6 Å². The zero-order valence-electron chi connectivity index (χ0n) is 17.6. The van der Waals surface area contributed by atoms with E-state index in [9.17, 15) is 9.59 Å². The maximum Gasteiger partial charge on any atom is 0.263 e. The molecule has 2 aromatic carbocycles. The van der Waals surface area contributed by atoms with Crippen LogP contribution in [0.3, 0.4) is 0 Å². The number of aromatic nitrogens is 1. The number of fused-ring (bicyclic) bond motifs is 1. The fraction of sp³-hybridized carbons (Fsp3) is 0.292. The van der Waals surface area contributed by atoms with E-state index in [2.05, 4.69) is 4.98 Å². The van der Waals surface area contributed by atoms with E-state index in [1.54, 1.807) is 30.0 Å². The van der Waals surface area contributed by atoms with E-state index < -0.39 is 6.10 Å². The Kier molecular flexibility index (Phi) is 6.53. The van der Waals surface area contributed by atoms with Crippen LogP contribution < -0.4 is 10.5 Å². The van der Waals surface area contributed by atoms with Gasteiger partial charge in [0.1, 0.15) is 10.9 Å². The minimum absolute atomic E-state index is 0.174. The Labute approximate surface area is 196 Å². The van der Waals surface area contributed by atoms with Gasteiger partial charge in [0.15, 0.2) is 6.10 Å². The average molecular weight is 472 g/mol. The summed E-state index contributed by atoms with van der Waals surface area (Å²) in [7, 11) is 0. The molecule has 0 unspecified atom stereocenters. The van der Waals surface area contributed by atoms with E-state index in [0.717, 1.165) is 22.9 Å². The van der Waals surface area contributed by atoms with Gasteiger partial charge in [-0.3, -0.25) is 9.59 Å². The molecular weight excluding hydrogens is 449 g/mol. The maximum atomic E-state index is 12.9. The number of hydrogen-bond acceptors (Lipinski definition) is 4. The van der Waals surface area contributed by atoms with E-state index in [4.69, 9.17) is 33.7 Å². The molecule has 0 aliphatic carbocycles. The predicted molar refractivity (Wildman–Crippen MR) is 126 cm³/mol. The molecule has 2 amide bonds. The molecule has 0 saturated carbocycles. The third-order valence-electron chi connectivity index (χ3n) is 5.71. The first-order valence-electron chi connectivity index (χ1n) is 10.4. The highest BCUT2D eigenvalue weighted by molar-refractivity contribution is 6.34. The minimum Gasteiger partial charge on any atom is -0.481 e. The lowest BCUT2D eigenvalue weighted by atomic mass is 9.97. The molecule has 0 radical (unpaired) electrons. The van der Waals surface area contributed by atoms with E-state index in [-0.39, 0.29) is 17.7 Å². The molecule has 2 N–H and O–H groups in total. The Balaban J connectivity index is 1.57. The Morgan fingerprint density at radius 1 is 1.16 bits per heavy atom. The van der Waals surface area contributed by atoms with Crippen LogP contribution in [0.1, 0.15) is 19.8 Å². The van der Waals surface area contributed by atoms with Crippen LogP contribution >= 0.6 is 23.2 Å². The average Bonchev–Trinajstić information content (AvgIpc) is 2.78. The topological polar surface area (TPSA) is 85.5 Å². The molecule has 1 aliphatic heterocycles. The molecule has 0 spiro atoms. The molecule has 8 heteroatoms. The Hall–Kier alpha value is -2.83. The van der Waals surface area contributed by atoms with E-state index in [1.807, 2.05) is 30.3 Å². The van der Waals surface area contributed by atoms with Crippen LogP contribution in [0.15, 0.2) is 48.5 Å². The van der Waals surface area contributed by atoms with Crippen molar-refractivity contribution in [3.63, 3.8) is 0 Å². The SMILES string of the molecule is C[C@@H](Oc1ccc2c(-c3ccccc3Cl)cc(Cl)nc2c1)C(=O)N1CCC[C@H](C(N)=O)C1. The number of pyridine rings is 1. The van der Waals surface area contributed by atoms with Crippen LogP contribution in [0.5, 0.6) is 5.75 Å². The number of hydrogen-bond donors (Lipinski definition) is 1. The highest BCUT2D eigenvalue weighted by atomic mass is 35.5. The van der Waals surface area contributed by atoms with Crippen molar-refractivity contribution in [1.82, 2.24) is 9.88 Å². The first-order chi connectivity index (χ1) is 15.3. The third kappa shape index (κ3) is 4.66. The van der Waals surface area contributed by atoms with Gasteiger partial charge in [-0.2, -0.15) is 0 Å². The molecule has 2 atom stereocenters. The normalized spacial score (nSPS) is 17.2. The number of likely N-dealkylation sites (tertiary alicyclic amines) is 1. The number of nitrogens with two attached hydrogens (primary N) is 1. The summed E-state index contributed by atoms with van der Waals surface area (Å²) in [6.07, 6.45) is 0.732. The number of piperidine rings is 1. The summed E-state index contributed by atoms with van der Waals surface area (Å²) in [5.41, 5.74) is 7.78. The van der Waals surface area contributed by atoms with Crippen molar-refractivity contribution in [2.24, 2.45) is 11.7 Å². The fourth-order valence-electron chi connectivity index (χ4n) is 4.07. The highest BCUT2D eigenvalue weighted by Crippen LogP contribution is 2.35. The number of ether oxygens (including phenoxy) is 1. The van der Waals surface area contributed by atoms with Crippen LogP contribution in [0.4, 0.5) is 0 Å². The Bertz CT molecular complexity index is 1180. The number of rotatable bonds is 5. The van der Waals surface area contributed by atoms with Gasteiger partial charge < -0.3 is 15.4 Å². The van der Waals surface area contributed by atoms with Crippen molar-refractivity contribution in [2.75, 3.05) is 13.1 Å². The van der Waals surface area contributed by atoms with Crippen molar-refractivity contribution in [3.8, 4) is 16.9 Å². The number of benzene rings is 2. The van der Waals surface area contributed by atoms with Gasteiger partial charge in [-0.1, -0.05) is 41.4 Å². The lowest BCUT2D eigenvalue weighted by molar-refractivity contribution is -0.141. The summed E-state index contributed by atoms with van der Waals surface area (Å²) >= 11 is 12.7. The molecule has 6 nitrogen and oxygen atoms in total. The number of nitrogens with zero attached hydrogens (tertiary/aromatic N) is 2. The summed E-state index contributed by atoms with van der Waals surface area (Å²) < 4.78 is 5.93. The quantitative estimate of drug-likeness (QED) is 0.546. The van der Waals surface area contributed by atoms with Crippen molar-refractivity contribution < 1.29 is 14.3 Å². The zero-order chi connectivity index (χ0) is 22.8. The van der Waals surface area contributed by atoms with Gasteiger partial charge in [0.2, 0.25) is 5.91 Å².